The van der Waals surface area contributed by atoms with Crippen LogP contribution in [0, 0.1) is 0 Å². The van der Waals surface area contributed by atoms with E-state index in [1.807, 2.05) is 37.3 Å². The SMILES string of the molecule is CC[C@@H](C)NS(=O)(=O)c1ccc(OCC(=O)N2C[C@H](C(=O)NCc3ccccc3)Oc3ccccc32)cc1. The van der Waals surface area contributed by atoms with Crippen LogP contribution < -0.4 is 24.4 Å². The number of hydrogen-bond acceptors (Lipinski definition) is 6. The number of fused-ring (bicyclic) bond motifs is 1. The van der Waals surface area contributed by atoms with E-state index in [9.17, 15) is 18.0 Å². The summed E-state index contributed by atoms with van der Waals surface area (Å²) in [6.07, 6.45) is -0.219. The van der Waals surface area contributed by atoms with Crippen molar-refractivity contribution in [1.82, 2.24) is 10.0 Å². The fourth-order valence-electron chi connectivity index (χ4n) is 3.86. The Kier molecular flexibility index (Phi) is 8.65. The largest absolute Gasteiger partial charge is 0.484 e. The van der Waals surface area contributed by atoms with Crippen molar-refractivity contribution in [2.24, 2.45) is 0 Å². The summed E-state index contributed by atoms with van der Waals surface area (Å²) < 4.78 is 39.1. The quantitative estimate of drug-likeness (QED) is 0.411. The molecule has 1 heterocycles. The number of hydrogen-bond donors (Lipinski definition) is 2. The maximum atomic E-state index is 13.2. The number of carbonyl (C=O) groups excluding carboxylic acids is 2. The fourth-order valence-corrected chi connectivity index (χ4v) is 5.19. The molecule has 2 amide bonds. The molecule has 0 saturated heterocycles. The third-order valence-electron chi connectivity index (χ3n) is 6.14. The molecule has 3 aromatic carbocycles. The Morgan fingerprint density at radius 3 is 2.42 bits per heavy atom. The summed E-state index contributed by atoms with van der Waals surface area (Å²) in [7, 11) is -3.64. The van der Waals surface area contributed by atoms with Crippen LogP contribution in [-0.4, -0.2) is 45.5 Å². The van der Waals surface area contributed by atoms with Gasteiger partial charge in [-0.15, -0.1) is 0 Å². The molecular weight excluding hydrogens is 506 g/mol. The van der Waals surface area contributed by atoms with Gasteiger partial charge in [-0.25, -0.2) is 13.1 Å². The number of amides is 2. The molecular formula is C28H31N3O6S. The molecule has 1 aliphatic heterocycles. The van der Waals surface area contributed by atoms with Crippen molar-refractivity contribution in [2.45, 2.75) is 43.9 Å². The molecule has 10 heteroatoms. The van der Waals surface area contributed by atoms with Crippen LogP contribution in [0.3, 0.4) is 0 Å². The van der Waals surface area contributed by atoms with Crippen LogP contribution >= 0.6 is 0 Å². The summed E-state index contributed by atoms with van der Waals surface area (Å²) in [5.74, 6) is 0.0801. The second kappa shape index (κ2) is 12.1. The maximum Gasteiger partial charge on any atom is 0.265 e. The summed E-state index contributed by atoms with van der Waals surface area (Å²) in [4.78, 5) is 27.6. The molecule has 0 saturated carbocycles. The molecule has 1 aliphatic rings. The van der Waals surface area contributed by atoms with Crippen molar-refractivity contribution in [3.05, 3.63) is 84.4 Å². The molecule has 0 bridgehead atoms. The third kappa shape index (κ3) is 6.70. The minimum Gasteiger partial charge on any atom is -0.484 e. The Morgan fingerprint density at radius 2 is 1.71 bits per heavy atom. The van der Waals surface area contributed by atoms with E-state index in [1.54, 1.807) is 31.2 Å². The molecule has 0 radical (unpaired) electrons. The maximum absolute atomic E-state index is 13.2. The van der Waals surface area contributed by atoms with Crippen molar-refractivity contribution < 1.29 is 27.5 Å². The molecule has 4 rings (SSSR count). The van der Waals surface area contributed by atoms with E-state index in [-0.39, 0.29) is 35.9 Å². The molecule has 0 aromatic heterocycles. The van der Waals surface area contributed by atoms with Gasteiger partial charge in [0.2, 0.25) is 10.0 Å². The number of carbonyl (C=O) groups is 2. The van der Waals surface area contributed by atoms with Crippen LogP contribution in [-0.2, 0) is 26.2 Å². The topological polar surface area (TPSA) is 114 Å². The van der Waals surface area contributed by atoms with Crippen molar-refractivity contribution in [3.63, 3.8) is 0 Å². The number of para-hydroxylation sites is 2. The van der Waals surface area contributed by atoms with Crippen LogP contribution in [0.2, 0.25) is 0 Å². The van der Waals surface area contributed by atoms with E-state index in [4.69, 9.17) is 9.47 Å². The first-order valence-electron chi connectivity index (χ1n) is 12.4. The lowest BCUT2D eigenvalue weighted by Crippen LogP contribution is -2.51. The van der Waals surface area contributed by atoms with Crippen molar-refractivity contribution in [1.29, 1.82) is 0 Å². The van der Waals surface area contributed by atoms with Gasteiger partial charge in [-0.3, -0.25) is 9.59 Å². The Bertz CT molecular complexity index is 1360. The van der Waals surface area contributed by atoms with Gasteiger partial charge in [-0.1, -0.05) is 49.4 Å². The molecule has 2 N–H and O–H groups in total. The van der Waals surface area contributed by atoms with Gasteiger partial charge in [0, 0.05) is 12.6 Å². The predicted octanol–water partition coefficient (Wildman–Crippen LogP) is 3.25. The van der Waals surface area contributed by atoms with E-state index < -0.39 is 16.1 Å². The summed E-state index contributed by atoms with van der Waals surface area (Å²) in [6.45, 7) is 3.76. The van der Waals surface area contributed by atoms with Gasteiger partial charge in [0.15, 0.2) is 12.7 Å². The van der Waals surface area contributed by atoms with Gasteiger partial charge in [-0.2, -0.15) is 0 Å². The summed E-state index contributed by atoms with van der Waals surface area (Å²) in [5, 5.41) is 2.86. The fraction of sp³-hybridized carbons (Fsp3) is 0.286. The van der Waals surface area contributed by atoms with E-state index in [0.29, 0.717) is 30.2 Å². The standard InChI is InChI=1S/C28H31N3O6S/c1-3-20(2)30-38(34,35)23-15-13-22(14-16-23)36-19-27(32)31-18-26(37-25-12-8-7-11-24(25)31)28(33)29-17-21-9-5-4-6-10-21/h4-16,20,26,30H,3,17-19H2,1-2H3,(H,29,33)/t20-,26-/m1/s1. The number of nitrogens with zero attached hydrogens (tertiary/aromatic N) is 1. The first kappa shape index (κ1) is 27.2. The van der Waals surface area contributed by atoms with Gasteiger partial charge >= 0.3 is 0 Å². The highest BCUT2D eigenvalue weighted by molar-refractivity contribution is 7.89. The molecule has 0 unspecified atom stereocenters. The second-order valence-corrected chi connectivity index (χ2v) is 10.7. The zero-order chi connectivity index (χ0) is 27.1. The molecule has 0 fully saturated rings. The van der Waals surface area contributed by atoms with E-state index in [2.05, 4.69) is 10.0 Å². The Hall–Kier alpha value is -3.89. The monoisotopic (exact) mass is 537 g/mol. The summed E-state index contributed by atoms with van der Waals surface area (Å²) in [6, 6.07) is 22.2. The Balaban J connectivity index is 1.40. The lowest BCUT2D eigenvalue weighted by molar-refractivity contribution is -0.128. The van der Waals surface area contributed by atoms with E-state index in [0.717, 1.165) is 5.56 Å². The molecule has 200 valence electrons. The van der Waals surface area contributed by atoms with Gasteiger partial charge in [0.25, 0.3) is 11.8 Å². The van der Waals surface area contributed by atoms with E-state index >= 15 is 0 Å². The smallest absolute Gasteiger partial charge is 0.265 e. The molecule has 3 aromatic rings. The lowest BCUT2D eigenvalue weighted by Gasteiger charge is -2.34. The number of benzene rings is 3. The van der Waals surface area contributed by atoms with E-state index in [1.165, 1.54) is 29.2 Å². The molecule has 9 nitrogen and oxygen atoms in total. The van der Waals surface area contributed by atoms with Gasteiger partial charge in [-0.05, 0) is 55.3 Å². The van der Waals surface area contributed by atoms with Crippen LogP contribution in [0.25, 0.3) is 0 Å². The lowest BCUT2D eigenvalue weighted by atomic mass is 10.1. The van der Waals surface area contributed by atoms with Crippen LogP contribution in [0.15, 0.2) is 83.8 Å². The van der Waals surface area contributed by atoms with Crippen molar-refractivity contribution >= 4 is 27.5 Å². The average molecular weight is 538 g/mol. The van der Waals surface area contributed by atoms with Crippen LogP contribution in [0.1, 0.15) is 25.8 Å². The highest BCUT2D eigenvalue weighted by Gasteiger charge is 2.33. The first-order chi connectivity index (χ1) is 18.3. The number of nitrogens with one attached hydrogen (secondary N) is 2. The minimum atomic E-state index is -3.64. The van der Waals surface area contributed by atoms with Crippen LogP contribution in [0.4, 0.5) is 5.69 Å². The van der Waals surface area contributed by atoms with Gasteiger partial charge in [0.1, 0.15) is 11.5 Å². The Labute approximate surface area is 222 Å². The zero-order valence-corrected chi connectivity index (χ0v) is 22.1. The third-order valence-corrected chi connectivity index (χ3v) is 7.75. The Morgan fingerprint density at radius 1 is 1.03 bits per heavy atom. The number of anilines is 1. The van der Waals surface area contributed by atoms with Gasteiger partial charge in [0.05, 0.1) is 17.1 Å². The van der Waals surface area contributed by atoms with Gasteiger partial charge < -0.3 is 19.7 Å². The highest BCUT2D eigenvalue weighted by atomic mass is 32.2. The summed E-state index contributed by atoms with van der Waals surface area (Å²) in [5.41, 5.74) is 1.50. The number of ether oxygens (including phenoxy) is 2. The first-order valence-corrected chi connectivity index (χ1v) is 13.9. The normalized spacial score (nSPS) is 15.6. The zero-order valence-electron chi connectivity index (χ0n) is 21.3. The molecule has 0 spiro atoms. The summed E-state index contributed by atoms with van der Waals surface area (Å²) >= 11 is 0. The van der Waals surface area contributed by atoms with Crippen molar-refractivity contribution in [3.8, 4) is 11.5 Å². The average Bonchev–Trinajstić information content (AvgIpc) is 2.94. The second-order valence-electron chi connectivity index (χ2n) is 8.97. The van der Waals surface area contributed by atoms with Crippen molar-refractivity contribution in [2.75, 3.05) is 18.1 Å². The highest BCUT2D eigenvalue weighted by Crippen LogP contribution is 2.33. The molecule has 2 atom stereocenters. The number of rotatable bonds is 10. The van der Waals surface area contributed by atoms with Crippen LogP contribution in [0.5, 0.6) is 11.5 Å². The molecule has 0 aliphatic carbocycles. The molecule has 38 heavy (non-hydrogen) atoms. The minimum absolute atomic E-state index is 0.0261. The number of sulfonamides is 1. The predicted molar refractivity (Wildman–Crippen MR) is 144 cm³/mol.